The van der Waals surface area contributed by atoms with Gasteiger partial charge in [0.25, 0.3) is 0 Å². The highest BCUT2D eigenvalue weighted by Gasteiger charge is 2.19. The van der Waals surface area contributed by atoms with Gasteiger partial charge in [-0.05, 0) is 56.6 Å². The Labute approximate surface area is 119 Å². The zero-order valence-electron chi connectivity index (χ0n) is 11.7. The number of nitrogens with one attached hydrogen (secondary N) is 1. The average Bonchev–Trinajstić information content (AvgIpc) is 3.03. The van der Waals surface area contributed by atoms with Crippen LogP contribution in [0.3, 0.4) is 0 Å². The van der Waals surface area contributed by atoms with Crippen LogP contribution in [0.5, 0.6) is 5.75 Å². The summed E-state index contributed by atoms with van der Waals surface area (Å²) in [7, 11) is 0. The van der Waals surface area contributed by atoms with Crippen molar-refractivity contribution in [3.63, 3.8) is 0 Å². The van der Waals surface area contributed by atoms with Gasteiger partial charge in [-0.25, -0.2) is 9.97 Å². The highest BCUT2D eigenvalue weighted by molar-refractivity contribution is 5.59. The summed E-state index contributed by atoms with van der Waals surface area (Å²) in [6.45, 7) is 3.73. The lowest BCUT2D eigenvalue weighted by molar-refractivity contribution is 0.340. The number of aromatic nitrogens is 2. The number of hydrogen-bond acceptors (Lipinski definition) is 4. The van der Waals surface area contributed by atoms with E-state index in [-0.39, 0.29) is 0 Å². The summed E-state index contributed by atoms with van der Waals surface area (Å²) in [4.78, 5) is 9.08. The fourth-order valence-corrected chi connectivity index (χ4v) is 2.50. The van der Waals surface area contributed by atoms with E-state index in [4.69, 9.17) is 4.74 Å². The first kappa shape index (κ1) is 13.1. The van der Waals surface area contributed by atoms with Crippen molar-refractivity contribution in [1.82, 2.24) is 15.3 Å². The molecule has 4 heteroatoms. The molecule has 0 radical (unpaired) electrons. The summed E-state index contributed by atoms with van der Waals surface area (Å²) in [6.07, 6.45) is 4.15. The molecule has 2 heterocycles. The second-order valence-corrected chi connectivity index (χ2v) is 4.91. The lowest BCUT2D eigenvalue weighted by atomic mass is 10.1. The summed E-state index contributed by atoms with van der Waals surface area (Å²) < 4.78 is 5.46. The fourth-order valence-electron chi connectivity index (χ4n) is 2.50. The zero-order chi connectivity index (χ0) is 13.8. The molecule has 0 amide bonds. The van der Waals surface area contributed by atoms with E-state index in [1.165, 1.54) is 6.42 Å². The second kappa shape index (κ2) is 6.01. The van der Waals surface area contributed by atoms with Gasteiger partial charge in [0.2, 0.25) is 0 Å². The third kappa shape index (κ3) is 2.80. The summed E-state index contributed by atoms with van der Waals surface area (Å²) in [6, 6.07) is 10.3. The van der Waals surface area contributed by atoms with Gasteiger partial charge in [-0.2, -0.15) is 0 Å². The number of nitrogens with zero attached hydrogens (tertiary/aromatic N) is 2. The Bertz CT molecular complexity index is 562. The minimum atomic E-state index is 0.303. The molecule has 4 nitrogen and oxygen atoms in total. The van der Waals surface area contributed by atoms with Crippen LogP contribution in [0.1, 0.15) is 31.6 Å². The number of rotatable bonds is 4. The molecule has 20 heavy (non-hydrogen) atoms. The largest absolute Gasteiger partial charge is 0.494 e. The van der Waals surface area contributed by atoms with E-state index in [0.29, 0.717) is 12.6 Å². The summed E-state index contributed by atoms with van der Waals surface area (Å²) in [5, 5.41) is 3.43. The van der Waals surface area contributed by atoms with Crippen molar-refractivity contribution >= 4 is 0 Å². The molecule has 104 valence electrons. The summed E-state index contributed by atoms with van der Waals surface area (Å²) in [5.41, 5.74) is 2.06. The maximum atomic E-state index is 5.46. The molecule has 1 N–H and O–H groups in total. The van der Waals surface area contributed by atoms with Crippen molar-refractivity contribution in [2.75, 3.05) is 13.2 Å². The molecule has 3 rings (SSSR count). The van der Waals surface area contributed by atoms with Gasteiger partial charge in [-0.15, -0.1) is 0 Å². The minimum Gasteiger partial charge on any atom is -0.494 e. The Morgan fingerprint density at radius 3 is 2.80 bits per heavy atom. The van der Waals surface area contributed by atoms with Crippen molar-refractivity contribution in [2.24, 2.45) is 0 Å². The Hall–Kier alpha value is -1.94. The number of benzene rings is 1. The van der Waals surface area contributed by atoms with E-state index in [9.17, 15) is 0 Å². The van der Waals surface area contributed by atoms with Crippen molar-refractivity contribution < 1.29 is 4.74 Å². The smallest absolute Gasteiger partial charge is 0.145 e. The predicted octanol–water partition coefficient (Wildman–Crippen LogP) is 2.97. The van der Waals surface area contributed by atoms with Gasteiger partial charge in [0.05, 0.1) is 18.3 Å². The van der Waals surface area contributed by atoms with Crippen LogP contribution >= 0.6 is 0 Å². The molecular weight excluding hydrogens is 250 g/mol. The van der Waals surface area contributed by atoms with Crippen molar-refractivity contribution in [1.29, 1.82) is 0 Å². The lowest BCUT2D eigenvalue weighted by Gasteiger charge is -2.10. The summed E-state index contributed by atoms with van der Waals surface area (Å²) >= 11 is 0. The fraction of sp³-hybridized carbons (Fsp3) is 0.375. The standard InChI is InChI=1S/C16H19N3O/c1-2-20-13-7-5-12(6-8-13)14-9-11-18-16(19-14)15-4-3-10-17-15/h5-9,11,15,17H,2-4,10H2,1H3. The maximum absolute atomic E-state index is 5.46. The Morgan fingerprint density at radius 1 is 1.25 bits per heavy atom. The van der Waals surface area contributed by atoms with Crippen LogP contribution in [0.2, 0.25) is 0 Å². The quantitative estimate of drug-likeness (QED) is 0.927. The molecule has 1 aliphatic heterocycles. The first-order valence-corrected chi connectivity index (χ1v) is 7.16. The molecule has 1 aromatic carbocycles. The topological polar surface area (TPSA) is 47.0 Å². The van der Waals surface area contributed by atoms with Gasteiger partial charge in [0, 0.05) is 11.8 Å². The van der Waals surface area contributed by atoms with Crippen molar-refractivity contribution in [2.45, 2.75) is 25.8 Å². The number of ether oxygens (including phenoxy) is 1. The lowest BCUT2D eigenvalue weighted by Crippen LogP contribution is -2.15. The third-order valence-electron chi connectivity index (χ3n) is 3.51. The molecule has 0 saturated carbocycles. The molecule has 1 unspecified atom stereocenters. The molecule has 1 aromatic heterocycles. The van der Waals surface area contributed by atoms with Crippen molar-refractivity contribution in [3.05, 3.63) is 42.4 Å². The zero-order valence-corrected chi connectivity index (χ0v) is 11.7. The van der Waals surface area contributed by atoms with E-state index in [0.717, 1.165) is 35.8 Å². The van der Waals surface area contributed by atoms with Crippen LogP contribution in [0.4, 0.5) is 0 Å². The van der Waals surface area contributed by atoms with E-state index in [1.807, 2.05) is 43.5 Å². The van der Waals surface area contributed by atoms with Gasteiger partial charge in [-0.3, -0.25) is 0 Å². The molecule has 0 spiro atoms. The summed E-state index contributed by atoms with van der Waals surface area (Å²) in [5.74, 6) is 1.79. The van der Waals surface area contributed by atoms with Crippen LogP contribution in [0.15, 0.2) is 36.5 Å². The van der Waals surface area contributed by atoms with Crippen LogP contribution in [0.25, 0.3) is 11.3 Å². The van der Waals surface area contributed by atoms with Crippen LogP contribution in [0, 0.1) is 0 Å². The van der Waals surface area contributed by atoms with Crippen LogP contribution in [-0.2, 0) is 0 Å². The third-order valence-corrected chi connectivity index (χ3v) is 3.51. The second-order valence-electron chi connectivity index (χ2n) is 4.91. The highest BCUT2D eigenvalue weighted by Crippen LogP contribution is 2.24. The molecular formula is C16H19N3O. The molecule has 1 aliphatic rings. The first-order chi connectivity index (χ1) is 9.86. The molecule has 0 aliphatic carbocycles. The van der Waals surface area contributed by atoms with E-state index < -0.39 is 0 Å². The van der Waals surface area contributed by atoms with Gasteiger partial charge in [0.1, 0.15) is 11.6 Å². The van der Waals surface area contributed by atoms with Gasteiger partial charge in [-0.1, -0.05) is 0 Å². The van der Waals surface area contributed by atoms with E-state index in [2.05, 4.69) is 15.3 Å². The SMILES string of the molecule is CCOc1ccc(-c2ccnc(C3CCCN3)n2)cc1. The molecule has 1 atom stereocenters. The Morgan fingerprint density at radius 2 is 2.10 bits per heavy atom. The van der Waals surface area contributed by atoms with Gasteiger partial charge in [0.15, 0.2) is 0 Å². The normalized spacial score (nSPS) is 18.1. The number of hydrogen-bond donors (Lipinski definition) is 1. The van der Waals surface area contributed by atoms with Crippen molar-refractivity contribution in [3.8, 4) is 17.0 Å². The molecule has 2 aromatic rings. The highest BCUT2D eigenvalue weighted by atomic mass is 16.5. The molecule has 1 fully saturated rings. The van der Waals surface area contributed by atoms with Crippen LogP contribution in [-0.4, -0.2) is 23.1 Å². The molecule has 1 saturated heterocycles. The Balaban J connectivity index is 1.83. The van der Waals surface area contributed by atoms with E-state index in [1.54, 1.807) is 0 Å². The monoisotopic (exact) mass is 269 g/mol. The maximum Gasteiger partial charge on any atom is 0.145 e. The minimum absolute atomic E-state index is 0.303. The van der Waals surface area contributed by atoms with Crippen LogP contribution < -0.4 is 10.1 Å². The first-order valence-electron chi connectivity index (χ1n) is 7.16. The average molecular weight is 269 g/mol. The Kier molecular flexibility index (Phi) is 3.92. The van der Waals surface area contributed by atoms with E-state index >= 15 is 0 Å². The van der Waals surface area contributed by atoms with Gasteiger partial charge < -0.3 is 10.1 Å². The predicted molar refractivity (Wildman–Crippen MR) is 78.6 cm³/mol. The molecule has 0 bridgehead atoms. The van der Waals surface area contributed by atoms with Gasteiger partial charge >= 0.3 is 0 Å².